The van der Waals surface area contributed by atoms with Crippen LogP contribution in [0.1, 0.15) is 27.2 Å². The Labute approximate surface area is 162 Å². The lowest BCUT2D eigenvalue weighted by molar-refractivity contribution is -0.344. The van der Waals surface area contributed by atoms with Crippen molar-refractivity contribution < 1.29 is 39.8 Å². The van der Waals surface area contributed by atoms with Crippen LogP contribution in [0.25, 0.3) is 0 Å². The maximum absolute atomic E-state index is 12.4. The molecule has 8 heteroatoms. The summed E-state index contributed by atoms with van der Waals surface area (Å²) in [5.74, 6) is -5.11. The number of rotatable bonds is 0. The summed E-state index contributed by atoms with van der Waals surface area (Å²) >= 11 is 0. The first-order chi connectivity index (χ1) is 13.0. The summed E-state index contributed by atoms with van der Waals surface area (Å²) in [6, 6.07) is 0. The Balaban J connectivity index is 1.78. The molecule has 4 fully saturated rings. The second kappa shape index (κ2) is 5.36. The van der Waals surface area contributed by atoms with Crippen molar-refractivity contribution >= 4 is 5.97 Å². The molecule has 0 radical (unpaired) electrons. The third-order valence-corrected chi connectivity index (χ3v) is 8.82. The van der Waals surface area contributed by atoms with Crippen LogP contribution >= 0.6 is 0 Å². The Morgan fingerprint density at radius 3 is 2.54 bits per heavy atom. The molecular formula is C20H28O8. The van der Waals surface area contributed by atoms with Gasteiger partial charge in [0.15, 0.2) is 11.9 Å². The SMILES string of the molecule is CC1=C[C@H](O)[C@H](O)[C@]2(C)[C@H]1C[C@H]1OC(=O)[C@@H](O)[C@@H]3[C@@H](C)[C@H](O)[C@]4(O)OC[C@@]31[C@@H]42. The number of aliphatic hydroxyl groups excluding tert-OH is 4. The minimum atomic E-state index is -1.97. The number of carbonyl (C=O) groups excluding carboxylic acids is 1. The Morgan fingerprint density at radius 1 is 1.18 bits per heavy atom. The van der Waals surface area contributed by atoms with Crippen LogP contribution in [0.2, 0.25) is 0 Å². The van der Waals surface area contributed by atoms with Crippen molar-refractivity contribution in [1.82, 2.24) is 0 Å². The lowest BCUT2D eigenvalue weighted by Crippen LogP contribution is -2.77. The molecule has 3 aliphatic carbocycles. The van der Waals surface area contributed by atoms with Gasteiger partial charge in [0.1, 0.15) is 12.2 Å². The summed E-state index contributed by atoms with van der Waals surface area (Å²) in [7, 11) is 0. The van der Waals surface area contributed by atoms with Gasteiger partial charge in [-0.25, -0.2) is 4.79 Å². The fraction of sp³-hybridized carbons (Fsp3) is 0.850. The van der Waals surface area contributed by atoms with E-state index in [9.17, 15) is 30.3 Å². The van der Waals surface area contributed by atoms with Gasteiger partial charge in [0.05, 0.1) is 18.8 Å². The number of ether oxygens (including phenoxy) is 2. The quantitative estimate of drug-likeness (QED) is 0.258. The summed E-state index contributed by atoms with van der Waals surface area (Å²) in [4.78, 5) is 12.4. The average Bonchev–Trinajstić information content (AvgIpc) is 2.92. The minimum absolute atomic E-state index is 0.00310. The maximum Gasteiger partial charge on any atom is 0.335 e. The molecule has 2 heterocycles. The van der Waals surface area contributed by atoms with Crippen molar-refractivity contribution in [2.45, 2.75) is 63.5 Å². The van der Waals surface area contributed by atoms with Gasteiger partial charge in [0, 0.05) is 22.7 Å². The zero-order chi connectivity index (χ0) is 20.4. The van der Waals surface area contributed by atoms with Gasteiger partial charge in [-0.05, 0) is 25.2 Å². The highest BCUT2D eigenvalue weighted by Gasteiger charge is 2.83. The first kappa shape index (κ1) is 19.0. The van der Waals surface area contributed by atoms with Gasteiger partial charge in [-0.3, -0.25) is 0 Å². The molecule has 2 aliphatic heterocycles. The van der Waals surface area contributed by atoms with Crippen LogP contribution in [0.15, 0.2) is 11.6 Å². The van der Waals surface area contributed by atoms with Gasteiger partial charge in [-0.1, -0.05) is 25.5 Å². The van der Waals surface area contributed by atoms with Crippen molar-refractivity contribution in [1.29, 1.82) is 0 Å². The Bertz CT molecular complexity index is 767. The van der Waals surface area contributed by atoms with Crippen LogP contribution < -0.4 is 0 Å². The molecular weight excluding hydrogens is 368 g/mol. The van der Waals surface area contributed by atoms with E-state index in [0.717, 1.165) is 5.57 Å². The Hall–Kier alpha value is -1.03. The molecule has 8 nitrogen and oxygen atoms in total. The lowest BCUT2D eigenvalue weighted by atomic mass is 9.38. The third-order valence-electron chi connectivity index (χ3n) is 8.82. The molecule has 5 aliphatic rings. The Morgan fingerprint density at radius 2 is 1.86 bits per heavy atom. The summed E-state index contributed by atoms with van der Waals surface area (Å²) in [6.07, 6.45) is -3.75. The summed E-state index contributed by atoms with van der Waals surface area (Å²) in [6.45, 7) is 5.34. The molecule has 2 saturated carbocycles. The highest BCUT2D eigenvalue weighted by Crippen LogP contribution is 2.73. The van der Waals surface area contributed by atoms with Crippen LogP contribution in [-0.2, 0) is 14.3 Å². The molecule has 2 bridgehead atoms. The molecule has 5 N–H and O–H groups in total. The van der Waals surface area contributed by atoms with E-state index in [1.165, 1.54) is 0 Å². The molecule has 156 valence electrons. The van der Waals surface area contributed by atoms with E-state index < -0.39 is 70.9 Å². The molecule has 28 heavy (non-hydrogen) atoms. The van der Waals surface area contributed by atoms with E-state index in [1.807, 2.05) is 6.92 Å². The first-order valence-electron chi connectivity index (χ1n) is 9.98. The Kier molecular flexibility index (Phi) is 3.63. The number of carbonyl (C=O) groups is 1. The normalized spacial score (nSPS) is 62.5. The second-order valence-corrected chi connectivity index (χ2v) is 9.79. The van der Waals surface area contributed by atoms with Gasteiger partial charge in [-0.2, -0.15) is 0 Å². The smallest absolute Gasteiger partial charge is 0.335 e. The van der Waals surface area contributed by atoms with Crippen molar-refractivity contribution in [3.05, 3.63) is 11.6 Å². The van der Waals surface area contributed by atoms with E-state index in [-0.39, 0.29) is 12.5 Å². The van der Waals surface area contributed by atoms with Crippen LogP contribution in [0.3, 0.4) is 0 Å². The first-order valence-corrected chi connectivity index (χ1v) is 9.98. The van der Waals surface area contributed by atoms with Crippen molar-refractivity contribution in [3.8, 4) is 0 Å². The monoisotopic (exact) mass is 396 g/mol. The average molecular weight is 396 g/mol. The summed E-state index contributed by atoms with van der Waals surface area (Å²) < 4.78 is 11.5. The van der Waals surface area contributed by atoms with E-state index in [2.05, 4.69) is 0 Å². The number of allylic oxidation sites excluding steroid dienone is 1. The molecule has 2 saturated heterocycles. The predicted octanol–water partition coefficient (Wildman–Crippen LogP) is -1.07. The van der Waals surface area contributed by atoms with Crippen molar-refractivity contribution in [2.75, 3.05) is 6.61 Å². The topological polar surface area (TPSA) is 137 Å². The van der Waals surface area contributed by atoms with Gasteiger partial charge in [0.25, 0.3) is 0 Å². The number of fused-ring (bicyclic) bond motifs is 1. The predicted molar refractivity (Wildman–Crippen MR) is 93.4 cm³/mol. The van der Waals surface area contributed by atoms with E-state index >= 15 is 0 Å². The van der Waals surface area contributed by atoms with Gasteiger partial charge < -0.3 is 35.0 Å². The minimum Gasteiger partial charge on any atom is -0.460 e. The molecule has 0 aromatic rings. The highest BCUT2D eigenvalue weighted by atomic mass is 16.7. The summed E-state index contributed by atoms with van der Waals surface area (Å²) in [5, 5.41) is 54.8. The zero-order valence-electron chi connectivity index (χ0n) is 16.1. The fourth-order valence-electron chi connectivity index (χ4n) is 7.80. The van der Waals surface area contributed by atoms with Crippen molar-refractivity contribution in [3.63, 3.8) is 0 Å². The second-order valence-electron chi connectivity index (χ2n) is 9.79. The number of hydrogen-bond acceptors (Lipinski definition) is 8. The maximum atomic E-state index is 12.4. The zero-order valence-corrected chi connectivity index (χ0v) is 16.1. The van der Waals surface area contributed by atoms with E-state index in [1.54, 1.807) is 19.9 Å². The molecule has 1 spiro atoms. The standard InChI is InChI=1S/C20H28O8/c1-7-4-10(21)15(24)18(3)9(7)5-11-19-6-27-20(26,17(18)19)14(23)8(2)12(19)13(22)16(25)28-11/h4,8-15,17,21-24,26H,5-6H2,1-3H3/t8-,9+,10+,11-,12+,13+,14+,15+,17+,18+,19+,20+/m1/s1. The van der Waals surface area contributed by atoms with Crippen LogP contribution in [0.5, 0.6) is 0 Å². The van der Waals surface area contributed by atoms with Crippen LogP contribution in [-0.4, -0.2) is 74.4 Å². The fourth-order valence-corrected chi connectivity index (χ4v) is 7.80. The number of hydrogen-bond donors (Lipinski definition) is 5. The molecule has 12 atom stereocenters. The molecule has 0 aromatic carbocycles. The number of esters is 1. The van der Waals surface area contributed by atoms with Gasteiger partial charge in [0.2, 0.25) is 0 Å². The lowest BCUT2D eigenvalue weighted by Gasteiger charge is -2.68. The highest BCUT2D eigenvalue weighted by molar-refractivity contribution is 5.76. The van der Waals surface area contributed by atoms with Crippen LogP contribution in [0.4, 0.5) is 0 Å². The molecule has 0 unspecified atom stereocenters. The van der Waals surface area contributed by atoms with E-state index in [0.29, 0.717) is 6.42 Å². The van der Waals surface area contributed by atoms with Crippen LogP contribution in [0, 0.1) is 34.5 Å². The largest absolute Gasteiger partial charge is 0.460 e. The van der Waals surface area contributed by atoms with Gasteiger partial charge >= 0.3 is 5.97 Å². The van der Waals surface area contributed by atoms with Gasteiger partial charge in [-0.15, -0.1) is 0 Å². The van der Waals surface area contributed by atoms with E-state index in [4.69, 9.17) is 9.47 Å². The molecule has 5 rings (SSSR count). The number of aliphatic hydroxyl groups is 5. The molecule has 0 amide bonds. The third kappa shape index (κ3) is 1.77. The van der Waals surface area contributed by atoms with Crippen molar-refractivity contribution in [2.24, 2.45) is 34.5 Å². The summed E-state index contributed by atoms with van der Waals surface area (Å²) in [5.41, 5.74) is -1.15. The molecule has 0 aromatic heterocycles.